The highest BCUT2D eigenvalue weighted by molar-refractivity contribution is 8.00. The molecule has 1 heterocycles. The number of alkyl halides is 3. The van der Waals surface area contributed by atoms with Gasteiger partial charge in [0, 0.05) is 37.6 Å². The zero-order valence-corrected chi connectivity index (χ0v) is 19.1. The number of hydrogen-bond acceptors (Lipinski definition) is 4. The van der Waals surface area contributed by atoms with E-state index in [4.69, 9.17) is 0 Å². The van der Waals surface area contributed by atoms with Crippen molar-refractivity contribution in [2.75, 3.05) is 39.3 Å². The van der Waals surface area contributed by atoms with Gasteiger partial charge in [-0.1, -0.05) is 42.5 Å². The number of benzene rings is 2. The lowest BCUT2D eigenvalue weighted by Gasteiger charge is -2.22. The van der Waals surface area contributed by atoms with E-state index in [1.165, 1.54) is 23.8 Å². The van der Waals surface area contributed by atoms with E-state index < -0.39 is 5.51 Å². The normalized spacial score (nSPS) is 15.2. The summed E-state index contributed by atoms with van der Waals surface area (Å²) in [7, 11) is 0. The van der Waals surface area contributed by atoms with Gasteiger partial charge in [0.2, 0.25) is 11.8 Å². The summed E-state index contributed by atoms with van der Waals surface area (Å²) in [5.74, 6) is -0.150. The average Bonchev–Trinajstić information content (AvgIpc) is 2.99. The Hall–Kier alpha value is -2.52. The zero-order valence-electron chi connectivity index (χ0n) is 18.3. The molecule has 1 fully saturated rings. The van der Waals surface area contributed by atoms with Crippen LogP contribution in [0.4, 0.5) is 13.2 Å². The van der Waals surface area contributed by atoms with Crippen LogP contribution in [0.15, 0.2) is 59.5 Å². The molecule has 0 aliphatic carbocycles. The molecule has 178 valence electrons. The van der Waals surface area contributed by atoms with Crippen LogP contribution in [0, 0.1) is 0 Å². The molecule has 3 rings (SSSR count). The summed E-state index contributed by atoms with van der Waals surface area (Å²) in [5, 5.41) is 2.94. The Morgan fingerprint density at radius 3 is 2.45 bits per heavy atom. The van der Waals surface area contributed by atoms with Gasteiger partial charge in [-0.25, -0.2) is 0 Å². The minimum atomic E-state index is -4.36. The van der Waals surface area contributed by atoms with Gasteiger partial charge in [-0.15, -0.1) is 0 Å². The van der Waals surface area contributed by atoms with Crippen molar-refractivity contribution in [3.63, 3.8) is 0 Å². The smallest absolute Gasteiger partial charge is 0.355 e. The van der Waals surface area contributed by atoms with Gasteiger partial charge in [0.15, 0.2) is 0 Å². The molecule has 5 nitrogen and oxygen atoms in total. The monoisotopic (exact) mass is 479 g/mol. The highest BCUT2D eigenvalue weighted by Gasteiger charge is 2.29. The zero-order chi connectivity index (χ0) is 23.7. The molecule has 0 radical (unpaired) electrons. The molecule has 0 atom stereocenters. The third-order valence-corrected chi connectivity index (χ3v) is 6.10. The first-order valence-corrected chi connectivity index (χ1v) is 11.8. The molecule has 2 aromatic rings. The van der Waals surface area contributed by atoms with Gasteiger partial charge >= 0.3 is 5.51 Å². The second-order valence-electron chi connectivity index (χ2n) is 7.97. The molecule has 1 aliphatic heterocycles. The third-order valence-electron chi connectivity index (χ3n) is 5.37. The van der Waals surface area contributed by atoms with Crippen LogP contribution < -0.4 is 5.32 Å². The van der Waals surface area contributed by atoms with E-state index in [0.717, 1.165) is 12.8 Å². The van der Waals surface area contributed by atoms with Crippen LogP contribution in [0.2, 0.25) is 0 Å². The van der Waals surface area contributed by atoms with Crippen molar-refractivity contribution in [2.24, 2.45) is 0 Å². The van der Waals surface area contributed by atoms with E-state index in [2.05, 4.69) is 5.32 Å². The number of carbonyl (C=O) groups excluding carboxylic acids is 2. The Kier molecular flexibility index (Phi) is 9.20. The number of amides is 2. The summed E-state index contributed by atoms with van der Waals surface area (Å²) in [6.07, 6.45) is 1.58. The van der Waals surface area contributed by atoms with Gasteiger partial charge in [0.25, 0.3) is 0 Å². The number of hydrogen-bond donors (Lipinski definition) is 1. The molecular formula is C24H28F3N3O2S. The molecule has 33 heavy (non-hydrogen) atoms. The SMILES string of the molecule is O=C(CN1CCCN(C(=O)Cc2cccc(SC(F)(F)F)c2)CC1)NCCc1ccccc1. The van der Waals surface area contributed by atoms with E-state index in [1.807, 2.05) is 35.2 Å². The van der Waals surface area contributed by atoms with Crippen LogP contribution >= 0.6 is 11.8 Å². The lowest BCUT2D eigenvalue weighted by molar-refractivity contribution is -0.130. The highest BCUT2D eigenvalue weighted by atomic mass is 32.2. The molecule has 1 saturated heterocycles. The maximum atomic E-state index is 12.7. The van der Waals surface area contributed by atoms with Crippen LogP contribution in [-0.4, -0.2) is 66.4 Å². The largest absolute Gasteiger partial charge is 0.446 e. The van der Waals surface area contributed by atoms with Crippen LogP contribution in [0.3, 0.4) is 0 Å². The number of carbonyl (C=O) groups is 2. The Morgan fingerprint density at radius 2 is 1.70 bits per heavy atom. The maximum absolute atomic E-state index is 12.7. The van der Waals surface area contributed by atoms with Crippen molar-refractivity contribution >= 4 is 23.6 Å². The van der Waals surface area contributed by atoms with Crippen LogP contribution in [-0.2, 0) is 22.4 Å². The fourth-order valence-corrected chi connectivity index (χ4v) is 4.39. The lowest BCUT2D eigenvalue weighted by atomic mass is 10.1. The lowest BCUT2D eigenvalue weighted by Crippen LogP contribution is -2.40. The molecule has 0 saturated carbocycles. The van der Waals surface area contributed by atoms with E-state index in [1.54, 1.807) is 11.0 Å². The first kappa shape index (κ1) is 25.1. The van der Waals surface area contributed by atoms with Gasteiger partial charge in [0.05, 0.1) is 13.0 Å². The minimum Gasteiger partial charge on any atom is -0.355 e. The van der Waals surface area contributed by atoms with E-state index in [-0.39, 0.29) is 41.4 Å². The number of thioether (sulfide) groups is 1. The molecule has 0 aromatic heterocycles. The van der Waals surface area contributed by atoms with Crippen LogP contribution in [0.5, 0.6) is 0 Å². The fourth-order valence-electron chi connectivity index (χ4n) is 3.77. The molecule has 0 bridgehead atoms. The fraction of sp³-hybridized carbons (Fsp3) is 0.417. The number of rotatable bonds is 8. The molecule has 0 unspecified atom stereocenters. The van der Waals surface area contributed by atoms with Crippen LogP contribution in [0.1, 0.15) is 17.5 Å². The summed E-state index contributed by atoms with van der Waals surface area (Å²) in [4.78, 5) is 28.9. The Labute approximate surface area is 196 Å². The summed E-state index contributed by atoms with van der Waals surface area (Å²) < 4.78 is 37.8. The second-order valence-corrected chi connectivity index (χ2v) is 9.11. The van der Waals surface area contributed by atoms with Crippen molar-refractivity contribution < 1.29 is 22.8 Å². The summed E-state index contributed by atoms with van der Waals surface area (Å²) in [6.45, 7) is 3.23. The van der Waals surface area contributed by atoms with E-state index in [9.17, 15) is 22.8 Å². The first-order chi connectivity index (χ1) is 15.8. The molecule has 9 heteroatoms. The van der Waals surface area contributed by atoms with Gasteiger partial charge in [-0.3, -0.25) is 14.5 Å². The van der Waals surface area contributed by atoms with Gasteiger partial charge in [0.1, 0.15) is 0 Å². The average molecular weight is 480 g/mol. The third kappa shape index (κ3) is 9.09. The molecule has 1 aliphatic rings. The van der Waals surface area contributed by atoms with Gasteiger partial charge in [-0.2, -0.15) is 13.2 Å². The maximum Gasteiger partial charge on any atom is 0.446 e. The molecule has 2 amide bonds. The van der Waals surface area contributed by atoms with Gasteiger partial charge < -0.3 is 10.2 Å². The Balaban J connectivity index is 1.42. The van der Waals surface area contributed by atoms with Crippen molar-refractivity contribution in [2.45, 2.75) is 29.7 Å². The molecule has 2 aromatic carbocycles. The first-order valence-electron chi connectivity index (χ1n) is 10.9. The molecule has 0 spiro atoms. The summed E-state index contributed by atoms with van der Waals surface area (Å²) in [6, 6.07) is 16.0. The summed E-state index contributed by atoms with van der Waals surface area (Å²) >= 11 is -0.178. The number of nitrogens with one attached hydrogen (secondary N) is 1. The van der Waals surface area contributed by atoms with E-state index in [0.29, 0.717) is 38.3 Å². The predicted molar refractivity (Wildman–Crippen MR) is 123 cm³/mol. The second kappa shape index (κ2) is 12.1. The molecular weight excluding hydrogens is 451 g/mol. The minimum absolute atomic E-state index is 0.0373. The van der Waals surface area contributed by atoms with Crippen molar-refractivity contribution in [3.8, 4) is 0 Å². The highest BCUT2D eigenvalue weighted by Crippen LogP contribution is 2.37. The number of halogens is 3. The molecule has 1 N–H and O–H groups in total. The Bertz CT molecular complexity index is 925. The Morgan fingerprint density at radius 1 is 0.939 bits per heavy atom. The van der Waals surface area contributed by atoms with Gasteiger partial charge in [-0.05, 0) is 47.9 Å². The van der Waals surface area contributed by atoms with E-state index >= 15 is 0 Å². The van der Waals surface area contributed by atoms with Crippen molar-refractivity contribution in [1.29, 1.82) is 0 Å². The quantitative estimate of drug-likeness (QED) is 0.587. The topological polar surface area (TPSA) is 52.7 Å². The van der Waals surface area contributed by atoms with Crippen molar-refractivity contribution in [1.82, 2.24) is 15.1 Å². The van der Waals surface area contributed by atoms with Crippen LogP contribution in [0.25, 0.3) is 0 Å². The predicted octanol–water partition coefficient (Wildman–Crippen LogP) is 3.73. The number of nitrogens with zero attached hydrogens (tertiary/aromatic N) is 2. The van der Waals surface area contributed by atoms with Crippen molar-refractivity contribution in [3.05, 3.63) is 65.7 Å². The summed E-state index contributed by atoms with van der Waals surface area (Å²) in [5.41, 5.74) is -2.62. The standard InChI is InChI=1S/C24H28F3N3O2S/c25-24(26,27)33-21-9-4-8-20(16-21)17-23(32)30-13-5-12-29(14-15-30)18-22(31)28-11-10-19-6-2-1-3-7-19/h1-4,6-9,16H,5,10-15,17-18H2,(H,28,31).